The molecule has 0 radical (unpaired) electrons. The van der Waals surface area contributed by atoms with E-state index in [1.165, 1.54) is 0 Å². The summed E-state index contributed by atoms with van der Waals surface area (Å²) in [7, 11) is 0. The summed E-state index contributed by atoms with van der Waals surface area (Å²) in [6.45, 7) is 0. The van der Waals surface area contributed by atoms with Gasteiger partial charge < -0.3 is 9.05 Å². The van der Waals surface area contributed by atoms with Crippen molar-refractivity contribution in [3.63, 3.8) is 0 Å². The molecule has 6 nitrogen and oxygen atoms in total. The number of hydrogen-bond donors (Lipinski definition) is 0. The van der Waals surface area contributed by atoms with Crippen molar-refractivity contribution in [1.82, 2.24) is 20.7 Å². The first-order valence-electron chi connectivity index (χ1n) is 5.28. The molecule has 0 spiro atoms. The van der Waals surface area contributed by atoms with Crippen molar-refractivity contribution < 1.29 is 9.05 Å². The lowest BCUT2D eigenvalue weighted by Crippen LogP contribution is -1.63. The van der Waals surface area contributed by atoms with Crippen molar-refractivity contribution in [1.29, 1.82) is 0 Å². The van der Waals surface area contributed by atoms with Crippen LogP contribution in [0.1, 0.15) is 0 Å². The standard InChI is InChI=1S/2C6H4N2O/c2*1-2-4-6-5(3-1)7-8-9-6/h2*1-4H. The Hall–Kier alpha value is -2.76. The number of benzene rings is 2. The maximum Gasteiger partial charge on any atom is 0.187 e. The van der Waals surface area contributed by atoms with E-state index in [-0.39, 0.29) is 0 Å². The Morgan fingerprint density at radius 3 is 1.50 bits per heavy atom. The third kappa shape index (κ3) is 2.03. The van der Waals surface area contributed by atoms with Gasteiger partial charge in [0, 0.05) is 10.5 Å². The summed E-state index contributed by atoms with van der Waals surface area (Å²) in [5.74, 6) is 0. The van der Waals surface area contributed by atoms with E-state index in [1.807, 2.05) is 48.5 Å². The molecule has 2 aromatic carbocycles. The quantitative estimate of drug-likeness (QED) is 0.469. The van der Waals surface area contributed by atoms with Crippen LogP contribution in [-0.4, -0.2) is 20.7 Å². The molecule has 0 saturated carbocycles. The van der Waals surface area contributed by atoms with E-state index >= 15 is 0 Å². The molecule has 2 heterocycles. The topological polar surface area (TPSA) is 77.8 Å². The summed E-state index contributed by atoms with van der Waals surface area (Å²) in [5.41, 5.74) is 3.07. The zero-order chi connectivity index (χ0) is 12.2. The summed E-state index contributed by atoms with van der Waals surface area (Å²) < 4.78 is 9.51. The second-order valence-electron chi connectivity index (χ2n) is 3.48. The van der Waals surface area contributed by atoms with Crippen LogP contribution in [0.15, 0.2) is 57.6 Å². The predicted molar refractivity (Wildman–Crippen MR) is 63.6 cm³/mol. The number of hydrogen-bond acceptors (Lipinski definition) is 6. The molecule has 0 atom stereocenters. The Morgan fingerprint density at radius 2 is 1.06 bits per heavy atom. The first-order valence-corrected chi connectivity index (χ1v) is 5.28. The monoisotopic (exact) mass is 240 g/mol. The Balaban J connectivity index is 0.000000111. The van der Waals surface area contributed by atoms with Crippen LogP contribution in [0.5, 0.6) is 0 Å². The summed E-state index contributed by atoms with van der Waals surface area (Å²) in [4.78, 5) is 0. The molecular weight excluding hydrogens is 232 g/mol. The lowest BCUT2D eigenvalue weighted by atomic mass is 10.3. The minimum Gasteiger partial charge on any atom is -0.337 e. The van der Waals surface area contributed by atoms with Crippen molar-refractivity contribution >= 4 is 22.2 Å². The van der Waals surface area contributed by atoms with Gasteiger partial charge in [0.1, 0.15) is 11.0 Å². The third-order valence-electron chi connectivity index (χ3n) is 2.31. The van der Waals surface area contributed by atoms with Gasteiger partial charge in [-0.15, -0.1) is 10.2 Å². The summed E-state index contributed by atoms with van der Waals surface area (Å²) in [6, 6.07) is 14.9. The van der Waals surface area contributed by atoms with Crippen molar-refractivity contribution in [2.24, 2.45) is 0 Å². The van der Waals surface area contributed by atoms with Gasteiger partial charge in [0.25, 0.3) is 0 Å². The fraction of sp³-hybridized carbons (Fsp3) is 0. The summed E-state index contributed by atoms with van der Waals surface area (Å²) in [6.07, 6.45) is 0. The normalized spacial score (nSPS) is 10.2. The van der Waals surface area contributed by atoms with E-state index in [2.05, 4.69) is 20.7 Å². The Labute approximate surface area is 101 Å². The van der Waals surface area contributed by atoms with Crippen molar-refractivity contribution in [2.45, 2.75) is 0 Å². The first kappa shape index (κ1) is 10.4. The van der Waals surface area contributed by atoms with Gasteiger partial charge in [-0.1, -0.05) is 24.3 Å². The molecule has 0 bridgehead atoms. The van der Waals surface area contributed by atoms with Gasteiger partial charge in [-0.05, 0) is 24.3 Å². The highest BCUT2D eigenvalue weighted by molar-refractivity contribution is 5.71. The van der Waals surface area contributed by atoms with Crippen LogP contribution in [0, 0.1) is 0 Å². The summed E-state index contributed by atoms with van der Waals surface area (Å²) >= 11 is 0. The number of fused-ring (bicyclic) bond motifs is 2. The molecule has 0 aliphatic heterocycles. The van der Waals surface area contributed by atoms with Crippen LogP contribution in [-0.2, 0) is 0 Å². The molecule has 2 aromatic heterocycles. The molecule has 88 valence electrons. The molecule has 4 aromatic rings. The van der Waals surface area contributed by atoms with E-state index in [4.69, 9.17) is 9.05 Å². The van der Waals surface area contributed by atoms with Gasteiger partial charge >= 0.3 is 0 Å². The molecule has 0 amide bonds. The Bertz CT molecular complexity index is 636. The molecule has 4 rings (SSSR count). The van der Waals surface area contributed by atoms with Gasteiger partial charge in [-0.2, -0.15) is 0 Å². The van der Waals surface area contributed by atoms with E-state index in [0.29, 0.717) is 0 Å². The zero-order valence-corrected chi connectivity index (χ0v) is 9.22. The molecular formula is C12H8N4O2. The number of aromatic nitrogens is 4. The van der Waals surface area contributed by atoms with Gasteiger partial charge in [0.2, 0.25) is 0 Å². The van der Waals surface area contributed by atoms with E-state index in [1.54, 1.807) is 0 Å². The highest BCUT2D eigenvalue weighted by atomic mass is 16.5. The van der Waals surface area contributed by atoms with Gasteiger partial charge in [0.05, 0.1) is 0 Å². The molecule has 0 aliphatic rings. The maximum absolute atomic E-state index is 4.76. The fourth-order valence-corrected chi connectivity index (χ4v) is 1.45. The SMILES string of the molecule is c1ccc2onnc2c1.c1ccc2onnc2c1. The number of para-hydroxylation sites is 2. The lowest BCUT2D eigenvalue weighted by molar-refractivity contribution is 0.424. The molecule has 0 fully saturated rings. The minimum absolute atomic E-state index is 0.734. The zero-order valence-electron chi connectivity index (χ0n) is 9.22. The number of rotatable bonds is 0. The van der Waals surface area contributed by atoms with Crippen molar-refractivity contribution in [3.8, 4) is 0 Å². The molecule has 6 heteroatoms. The van der Waals surface area contributed by atoms with E-state index < -0.39 is 0 Å². The third-order valence-corrected chi connectivity index (χ3v) is 2.31. The Morgan fingerprint density at radius 1 is 0.611 bits per heavy atom. The van der Waals surface area contributed by atoms with Crippen LogP contribution in [0.4, 0.5) is 0 Å². The van der Waals surface area contributed by atoms with Crippen LogP contribution < -0.4 is 0 Å². The average Bonchev–Trinajstić information content (AvgIpc) is 3.08. The van der Waals surface area contributed by atoms with Crippen molar-refractivity contribution in [3.05, 3.63) is 48.5 Å². The lowest BCUT2D eigenvalue weighted by Gasteiger charge is -1.76. The van der Waals surface area contributed by atoms with E-state index in [9.17, 15) is 0 Å². The van der Waals surface area contributed by atoms with Crippen LogP contribution in [0.25, 0.3) is 22.2 Å². The summed E-state index contributed by atoms with van der Waals surface area (Å²) in [5, 5.41) is 14.2. The molecule has 18 heavy (non-hydrogen) atoms. The van der Waals surface area contributed by atoms with Crippen LogP contribution in [0.3, 0.4) is 0 Å². The maximum atomic E-state index is 4.76. The smallest absolute Gasteiger partial charge is 0.187 e. The fourth-order valence-electron chi connectivity index (χ4n) is 1.45. The second kappa shape index (κ2) is 4.62. The van der Waals surface area contributed by atoms with Crippen molar-refractivity contribution in [2.75, 3.05) is 0 Å². The predicted octanol–water partition coefficient (Wildman–Crippen LogP) is 2.45. The molecule has 0 N–H and O–H groups in total. The molecule has 0 saturated heterocycles. The van der Waals surface area contributed by atoms with Crippen LogP contribution >= 0.6 is 0 Å². The first-order chi connectivity index (χ1) is 8.93. The van der Waals surface area contributed by atoms with Gasteiger partial charge in [0.15, 0.2) is 11.2 Å². The molecule has 0 unspecified atom stereocenters. The number of nitrogens with zero attached hydrogens (tertiary/aromatic N) is 4. The average molecular weight is 240 g/mol. The van der Waals surface area contributed by atoms with Gasteiger partial charge in [-0.3, -0.25) is 0 Å². The molecule has 0 aliphatic carbocycles. The Kier molecular flexibility index (Phi) is 2.67. The van der Waals surface area contributed by atoms with Crippen LogP contribution in [0.2, 0.25) is 0 Å². The highest BCUT2D eigenvalue weighted by Gasteiger charge is 1.94. The minimum atomic E-state index is 0.734. The van der Waals surface area contributed by atoms with Gasteiger partial charge in [-0.25, -0.2) is 0 Å². The largest absolute Gasteiger partial charge is 0.337 e. The van der Waals surface area contributed by atoms with E-state index in [0.717, 1.165) is 22.2 Å². The highest BCUT2D eigenvalue weighted by Crippen LogP contribution is 2.07. The second-order valence-corrected chi connectivity index (χ2v) is 3.48.